The van der Waals surface area contributed by atoms with Gasteiger partial charge in [-0.3, -0.25) is 14.4 Å². The normalized spacial score (nSPS) is 21.4. The molecular weight excluding hydrogens is 697 g/mol. The second-order valence-electron chi connectivity index (χ2n) is 11.7. The fraction of sp³-hybridized carbons (Fsp3) is 0.448. The number of alkyl halides is 4. The lowest BCUT2D eigenvalue weighted by molar-refractivity contribution is -0.138. The predicted molar refractivity (Wildman–Crippen MR) is 163 cm³/mol. The molecule has 1 aliphatic carbocycles. The first kappa shape index (κ1) is 32.2. The Hall–Kier alpha value is -3.76. The van der Waals surface area contributed by atoms with Crippen molar-refractivity contribution in [1.82, 2.24) is 29.8 Å². The van der Waals surface area contributed by atoms with E-state index in [9.17, 15) is 32.7 Å². The van der Waals surface area contributed by atoms with Crippen molar-refractivity contribution in [2.24, 2.45) is 10.4 Å². The van der Waals surface area contributed by atoms with Crippen LogP contribution in [-0.2, 0) is 15.8 Å². The summed E-state index contributed by atoms with van der Waals surface area (Å²) < 4.78 is 39.4. The minimum Gasteiger partial charge on any atom is -0.504 e. The zero-order valence-electron chi connectivity index (χ0n) is 24.7. The molecule has 1 saturated heterocycles. The highest BCUT2D eigenvalue weighted by Crippen LogP contribution is 2.52. The third kappa shape index (κ3) is 5.49. The molecule has 244 valence electrons. The minimum absolute atomic E-state index is 0.0183. The van der Waals surface area contributed by atoms with Crippen molar-refractivity contribution < 1.29 is 32.7 Å². The number of nitrogens with one attached hydrogen (secondary N) is 1. The van der Waals surface area contributed by atoms with Crippen molar-refractivity contribution in [3.8, 4) is 5.75 Å². The van der Waals surface area contributed by atoms with Crippen molar-refractivity contribution in [2.75, 3.05) is 32.0 Å². The Bertz CT molecular complexity index is 1690. The molecule has 1 aromatic carbocycles. The van der Waals surface area contributed by atoms with Crippen LogP contribution in [0.25, 0.3) is 0 Å². The van der Waals surface area contributed by atoms with Crippen LogP contribution in [0.15, 0.2) is 40.8 Å². The number of likely N-dealkylation sites (tertiary alicyclic amines) is 1. The first-order chi connectivity index (χ1) is 21.7. The predicted octanol–water partition coefficient (Wildman–Crippen LogP) is 4.50. The van der Waals surface area contributed by atoms with E-state index in [1.807, 2.05) is 0 Å². The average molecular weight is 726 g/mol. The van der Waals surface area contributed by atoms with Crippen LogP contribution < -0.4 is 5.32 Å². The van der Waals surface area contributed by atoms with Crippen molar-refractivity contribution in [2.45, 2.75) is 50.3 Å². The lowest BCUT2D eigenvalue weighted by Gasteiger charge is -2.50. The molecule has 2 aromatic rings. The van der Waals surface area contributed by atoms with Crippen molar-refractivity contribution in [3.63, 3.8) is 0 Å². The van der Waals surface area contributed by atoms with Gasteiger partial charge in [-0.25, -0.2) is 20.0 Å². The number of carbonyl (C=O) groups is 3. The number of rotatable bonds is 4. The number of aryl methyl sites for hydroxylation is 1. The van der Waals surface area contributed by atoms with Gasteiger partial charge in [0.05, 0.1) is 22.0 Å². The summed E-state index contributed by atoms with van der Waals surface area (Å²) in [5.74, 6) is -1.26. The van der Waals surface area contributed by atoms with Crippen LogP contribution in [0.5, 0.6) is 5.75 Å². The second kappa shape index (κ2) is 11.8. The van der Waals surface area contributed by atoms with Crippen LogP contribution in [0.2, 0.25) is 5.02 Å². The molecule has 3 aliphatic heterocycles. The number of anilines is 1. The van der Waals surface area contributed by atoms with Crippen LogP contribution in [0.1, 0.15) is 53.8 Å². The van der Waals surface area contributed by atoms with Crippen LogP contribution in [0.4, 0.5) is 18.9 Å². The molecule has 3 amide bonds. The lowest BCUT2D eigenvalue weighted by Crippen LogP contribution is -2.60. The Balaban J connectivity index is 1.28. The summed E-state index contributed by atoms with van der Waals surface area (Å²) in [7, 11) is 1.69. The molecule has 0 radical (unpaired) electrons. The number of aromatic nitrogens is 2. The van der Waals surface area contributed by atoms with E-state index in [4.69, 9.17) is 11.6 Å². The highest BCUT2D eigenvalue weighted by molar-refractivity contribution is 9.09. The number of halogens is 5. The van der Waals surface area contributed by atoms with E-state index >= 15 is 0 Å². The molecule has 0 bridgehead atoms. The van der Waals surface area contributed by atoms with E-state index in [-0.39, 0.29) is 40.6 Å². The first-order valence-electron chi connectivity index (χ1n) is 14.5. The SMILES string of the molecule is Cc1ncnc(C(=O)N2CCC3(CCCC4=C3C(=O)N3C(=NC(Br)N3C)N4CC(=O)Nc3ccc(C(F)(F)F)cc3Cl)CC2)c1O. The number of hydrogen-bond acceptors (Lipinski definition) is 9. The van der Waals surface area contributed by atoms with Crippen LogP contribution in [0.3, 0.4) is 0 Å². The lowest BCUT2D eigenvalue weighted by atomic mass is 9.64. The zero-order valence-corrected chi connectivity index (χ0v) is 27.1. The molecule has 0 saturated carbocycles. The number of allylic oxidation sites excluding steroid dienone is 1. The number of hydrazine groups is 1. The number of fused-ring (bicyclic) bond motifs is 2. The largest absolute Gasteiger partial charge is 0.504 e. The zero-order chi connectivity index (χ0) is 33.1. The van der Waals surface area contributed by atoms with E-state index in [0.717, 1.165) is 24.6 Å². The number of nitrogens with zero attached hydrogens (tertiary/aromatic N) is 7. The summed E-state index contributed by atoms with van der Waals surface area (Å²) >= 11 is 9.55. The number of amides is 3. The summed E-state index contributed by atoms with van der Waals surface area (Å²) in [5, 5.41) is 15.2. The van der Waals surface area contributed by atoms with Gasteiger partial charge in [-0.2, -0.15) is 18.2 Å². The van der Waals surface area contributed by atoms with Gasteiger partial charge in [0.1, 0.15) is 12.9 Å². The van der Waals surface area contributed by atoms with Gasteiger partial charge in [0.2, 0.25) is 11.9 Å². The van der Waals surface area contributed by atoms with E-state index in [2.05, 4.69) is 36.2 Å². The molecule has 6 rings (SSSR count). The van der Waals surface area contributed by atoms with E-state index in [0.29, 0.717) is 55.7 Å². The monoisotopic (exact) mass is 724 g/mol. The number of aromatic hydroxyl groups is 1. The van der Waals surface area contributed by atoms with E-state index in [1.165, 1.54) is 11.3 Å². The standard InChI is InChI=1S/C29H29BrClF3N8O4/c1-15-23(44)22(36-14-35-15)25(46)40-10-8-28(9-11-40)7-3-4-19-21(28)24(45)42-27(38-26(30)39(42)2)41(19)13-20(43)37-18-6-5-16(12-17(18)31)29(32,33)34/h5-6,12,14,26,44H,3-4,7-11,13H2,1-2H3,(H,37,43). The van der Waals surface area contributed by atoms with Crippen LogP contribution in [-0.4, -0.2) is 90.3 Å². The van der Waals surface area contributed by atoms with Gasteiger partial charge >= 0.3 is 6.18 Å². The molecule has 4 heterocycles. The average Bonchev–Trinajstić information content (AvgIpc) is 3.31. The van der Waals surface area contributed by atoms with Gasteiger partial charge in [-0.15, -0.1) is 0 Å². The van der Waals surface area contributed by atoms with Crippen LogP contribution >= 0.6 is 27.5 Å². The van der Waals surface area contributed by atoms with Gasteiger partial charge < -0.3 is 20.2 Å². The number of hydrogen-bond donors (Lipinski definition) is 2. The molecule has 1 atom stereocenters. The van der Waals surface area contributed by atoms with Crippen LogP contribution in [0, 0.1) is 12.3 Å². The first-order valence-corrected chi connectivity index (χ1v) is 15.8. The van der Waals surface area contributed by atoms with Crippen molar-refractivity contribution >= 4 is 56.9 Å². The maximum atomic E-state index is 14.2. The van der Waals surface area contributed by atoms with Crippen molar-refractivity contribution in [3.05, 3.63) is 57.8 Å². The Morgan fingerprint density at radius 3 is 2.59 bits per heavy atom. The van der Waals surface area contributed by atoms with Gasteiger partial charge in [0.25, 0.3) is 11.8 Å². The Morgan fingerprint density at radius 1 is 1.20 bits per heavy atom. The molecule has 46 heavy (non-hydrogen) atoms. The molecule has 17 heteroatoms. The molecular formula is C29H29BrClF3N8O4. The second-order valence-corrected chi connectivity index (χ2v) is 12.9. The van der Waals surface area contributed by atoms with Gasteiger partial charge in [0, 0.05) is 36.8 Å². The highest BCUT2D eigenvalue weighted by atomic mass is 79.9. The summed E-state index contributed by atoms with van der Waals surface area (Å²) in [6, 6.07) is 2.69. The summed E-state index contributed by atoms with van der Waals surface area (Å²) in [6.45, 7) is 1.93. The Kier molecular flexibility index (Phi) is 8.26. The maximum Gasteiger partial charge on any atom is 0.416 e. The van der Waals surface area contributed by atoms with E-state index < -0.39 is 34.0 Å². The highest BCUT2D eigenvalue weighted by Gasteiger charge is 2.53. The summed E-state index contributed by atoms with van der Waals surface area (Å²) in [6.07, 6.45) is -0.512. The Labute approximate surface area is 275 Å². The summed E-state index contributed by atoms with van der Waals surface area (Å²) in [4.78, 5) is 56.7. The molecule has 4 aliphatic rings. The number of aliphatic imine (C=N–C) groups is 1. The number of guanidine groups is 1. The minimum atomic E-state index is -4.59. The molecule has 2 N–H and O–H groups in total. The fourth-order valence-corrected chi connectivity index (χ4v) is 7.18. The molecule has 12 nitrogen and oxygen atoms in total. The molecule has 1 unspecified atom stereocenters. The van der Waals surface area contributed by atoms with Gasteiger partial charge in [-0.05, 0) is 73.2 Å². The Morgan fingerprint density at radius 2 is 1.91 bits per heavy atom. The fourth-order valence-electron chi connectivity index (χ4n) is 6.59. The summed E-state index contributed by atoms with van der Waals surface area (Å²) in [5.41, 5.74) is -0.0835. The number of piperidine rings is 1. The van der Waals surface area contributed by atoms with Crippen molar-refractivity contribution in [1.29, 1.82) is 0 Å². The smallest absolute Gasteiger partial charge is 0.416 e. The van der Waals surface area contributed by atoms with E-state index in [1.54, 1.807) is 28.8 Å². The third-order valence-corrected chi connectivity index (χ3v) is 10.1. The molecule has 1 aromatic heterocycles. The topological polar surface area (TPSA) is 135 Å². The maximum absolute atomic E-state index is 14.2. The molecule has 1 spiro atoms. The third-order valence-electron chi connectivity index (χ3n) is 8.98. The van der Waals surface area contributed by atoms with Gasteiger partial charge in [0.15, 0.2) is 16.5 Å². The quantitative estimate of drug-likeness (QED) is 0.348. The number of benzene rings is 1. The molecule has 1 fully saturated rings. The number of carbonyl (C=O) groups excluding carboxylic acids is 3. The van der Waals surface area contributed by atoms with Gasteiger partial charge in [-0.1, -0.05) is 11.6 Å².